The van der Waals surface area contributed by atoms with Gasteiger partial charge in [-0.25, -0.2) is 0 Å². The van der Waals surface area contributed by atoms with Crippen molar-refractivity contribution < 1.29 is 13.9 Å². The highest BCUT2D eigenvalue weighted by Gasteiger charge is 2.07. The van der Waals surface area contributed by atoms with Crippen molar-refractivity contribution in [3.05, 3.63) is 48.3 Å². The van der Waals surface area contributed by atoms with E-state index in [1.165, 1.54) is 0 Å². The first kappa shape index (κ1) is 10.1. The molecule has 1 N–H and O–H groups in total. The monoisotopic (exact) mass is 206 g/mol. The number of aryl methyl sites for hydroxylation is 1. The Morgan fingerprint density at radius 1 is 1.27 bits per heavy atom. The minimum absolute atomic E-state index is 0.340. The van der Waals surface area contributed by atoms with Crippen molar-refractivity contribution in [3.8, 4) is 0 Å². The second-order valence-corrected chi connectivity index (χ2v) is 3.61. The third kappa shape index (κ3) is 2.99. The molecule has 0 aliphatic heterocycles. The van der Waals surface area contributed by atoms with Gasteiger partial charge >= 0.3 is 0 Å². The lowest BCUT2D eigenvalue weighted by Gasteiger charge is -2.07. The molecule has 0 aliphatic rings. The largest absolute Gasteiger partial charge is 0.472 e. The number of hydrogen-bond donors (Lipinski definition) is 1. The molecule has 0 fully saturated rings. The Balaban J connectivity index is 1.76. The van der Waals surface area contributed by atoms with Crippen LogP contribution in [-0.2, 0) is 12.8 Å². The second kappa shape index (κ2) is 4.84. The van der Waals surface area contributed by atoms with Gasteiger partial charge in [-0.1, -0.05) is 0 Å². The molecule has 0 spiro atoms. The molecule has 0 aromatic carbocycles. The predicted octanol–water partition coefficient (Wildman–Crippen LogP) is 2.41. The van der Waals surface area contributed by atoms with Crippen molar-refractivity contribution >= 4 is 0 Å². The van der Waals surface area contributed by atoms with Crippen LogP contribution >= 0.6 is 0 Å². The SMILES string of the molecule is OC(CCc1ccco1)Cc1ccoc1. The maximum atomic E-state index is 9.74. The van der Waals surface area contributed by atoms with Crippen LogP contribution in [0, 0.1) is 0 Å². The van der Waals surface area contributed by atoms with Crippen molar-refractivity contribution in [3.63, 3.8) is 0 Å². The van der Waals surface area contributed by atoms with Gasteiger partial charge in [0.15, 0.2) is 0 Å². The highest BCUT2D eigenvalue weighted by atomic mass is 16.3. The van der Waals surface area contributed by atoms with E-state index < -0.39 is 0 Å². The van der Waals surface area contributed by atoms with Crippen LogP contribution in [0.3, 0.4) is 0 Å². The van der Waals surface area contributed by atoms with Crippen LogP contribution in [0.2, 0.25) is 0 Å². The smallest absolute Gasteiger partial charge is 0.103 e. The zero-order valence-electron chi connectivity index (χ0n) is 8.43. The quantitative estimate of drug-likeness (QED) is 0.817. The van der Waals surface area contributed by atoms with Gasteiger partial charge in [-0.2, -0.15) is 0 Å². The fraction of sp³-hybridized carbons (Fsp3) is 0.333. The van der Waals surface area contributed by atoms with Gasteiger partial charge < -0.3 is 13.9 Å². The summed E-state index contributed by atoms with van der Waals surface area (Å²) < 4.78 is 10.1. The molecule has 2 rings (SSSR count). The lowest BCUT2D eigenvalue weighted by molar-refractivity contribution is 0.162. The molecule has 0 aliphatic carbocycles. The average molecular weight is 206 g/mol. The molecule has 1 unspecified atom stereocenters. The molecular formula is C12H14O3. The summed E-state index contributed by atoms with van der Waals surface area (Å²) in [6, 6.07) is 5.65. The molecule has 0 bridgehead atoms. The number of aliphatic hydroxyl groups excluding tert-OH is 1. The lowest BCUT2D eigenvalue weighted by atomic mass is 10.1. The number of furan rings is 2. The maximum absolute atomic E-state index is 9.74. The Bertz CT molecular complexity index is 361. The number of hydrogen-bond acceptors (Lipinski definition) is 3. The van der Waals surface area contributed by atoms with E-state index in [0.29, 0.717) is 12.8 Å². The maximum Gasteiger partial charge on any atom is 0.103 e. The van der Waals surface area contributed by atoms with Crippen molar-refractivity contribution in [1.29, 1.82) is 0 Å². The molecule has 0 amide bonds. The van der Waals surface area contributed by atoms with Crippen LogP contribution in [-0.4, -0.2) is 11.2 Å². The lowest BCUT2D eigenvalue weighted by Crippen LogP contribution is -2.10. The van der Waals surface area contributed by atoms with Gasteiger partial charge in [0.25, 0.3) is 0 Å². The molecule has 2 heterocycles. The molecule has 2 aromatic heterocycles. The van der Waals surface area contributed by atoms with Crippen LogP contribution in [0.1, 0.15) is 17.7 Å². The van der Waals surface area contributed by atoms with Gasteiger partial charge in [0, 0.05) is 12.8 Å². The summed E-state index contributed by atoms with van der Waals surface area (Å²) in [5.74, 6) is 0.918. The van der Waals surface area contributed by atoms with E-state index in [2.05, 4.69) is 0 Å². The van der Waals surface area contributed by atoms with Gasteiger partial charge in [0.05, 0.1) is 24.9 Å². The summed E-state index contributed by atoms with van der Waals surface area (Å²) >= 11 is 0. The summed E-state index contributed by atoms with van der Waals surface area (Å²) in [7, 11) is 0. The van der Waals surface area contributed by atoms with Gasteiger partial charge in [0.2, 0.25) is 0 Å². The standard InChI is InChI=1S/C12H14O3/c13-11(8-10-5-7-14-9-10)3-4-12-2-1-6-15-12/h1-2,5-7,9,11,13H,3-4,8H2. The first-order valence-corrected chi connectivity index (χ1v) is 5.06. The van der Waals surface area contributed by atoms with Gasteiger partial charge in [-0.05, 0) is 30.2 Å². The average Bonchev–Trinajstić information content (AvgIpc) is 2.86. The minimum atomic E-state index is -0.340. The van der Waals surface area contributed by atoms with Crippen molar-refractivity contribution in [1.82, 2.24) is 0 Å². The first-order valence-electron chi connectivity index (χ1n) is 5.06. The van der Waals surface area contributed by atoms with E-state index in [0.717, 1.165) is 17.7 Å². The zero-order chi connectivity index (χ0) is 10.5. The van der Waals surface area contributed by atoms with Crippen molar-refractivity contribution in [2.75, 3.05) is 0 Å². The van der Waals surface area contributed by atoms with E-state index in [1.54, 1.807) is 18.8 Å². The third-order valence-electron chi connectivity index (χ3n) is 2.36. The normalized spacial score (nSPS) is 12.9. The third-order valence-corrected chi connectivity index (χ3v) is 2.36. The molecule has 0 saturated heterocycles. The zero-order valence-corrected chi connectivity index (χ0v) is 8.43. The number of aliphatic hydroxyl groups is 1. The van der Waals surface area contributed by atoms with Crippen LogP contribution < -0.4 is 0 Å². The van der Waals surface area contributed by atoms with Crippen LogP contribution in [0.5, 0.6) is 0 Å². The molecule has 3 heteroatoms. The second-order valence-electron chi connectivity index (χ2n) is 3.61. The van der Waals surface area contributed by atoms with E-state index >= 15 is 0 Å². The summed E-state index contributed by atoms with van der Waals surface area (Å²) in [5.41, 5.74) is 1.03. The molecular weight excluding hydrogens is 192 g/mol. The van der Waals surface area contributed by atoms with Gasteiger partial charge in [0.1, 0.15) is 5.76 Å². The predicted molar refractivity (Wildman–Crippen MR) is 55.4 cm³/mol. The molecule has 0 saturated carbocycles. The fourth-order valence-corrected chi connectivity index (χ4v) is 1.55. The van der Waals surface area contributed by atoms with Gasteiger partial charge in [-0.3, -0.25) is 0 Å². The Morgan fingerprint density at radius 2 is 2.20 bits per heavy atom. The van der Waals surface area contributed by atoms with E-state index in [1.807, 2.05) is 18.2 Å². The van der Waals surface area contributed by atoms with E-state index in [9.17, 15) is 5.11 Å². The van der Waals surface area contributed by atoms with Crippen molar-refractivity contribution in [2.45, 2.75) is 25.4 Å². The van der Waals surface area contributed by atoms with Crippen LogP contribution in [0.4, 0.5) is 0 Å². The summed E-state index contributed by atoms with van der Waals surface area (Å²) in [6.45, 7) is 0. The molecule has 0 radical (unpaired) electrons. The number of rotatable bonds is 5. The molecule has 80 valence electrons. The minimum Gasteiger partial charge on any atom is -0.472 e. The van der Waals surface area contributed by atoms with Gasteiger partial charge in [-0.15, -0.1) is 0 Å². The Hall–Kier alpha value is -1.48. The van der Waals surface area contributed by atoms with Crippen LogP contribution in [0.15, 0.2) is 45.8 Å². The van der Waals surface area contributed by atoms with Crippen LogP contribution in [0.25, 0.3) is 0 Å². The molecule has 3 nitrogen and oxygen atoms in total. The fourth-order valence-electron chi connectivity index (χ4n) is 1.55. The first-order chi connectivity index (χ1) is 7.34. The van der Waals surface area contributed by atoms with E-state index in [4.69, 9.17) is 8.83 Å². The Labute approximate surface area is 88.3 Å². The Morgan fingerprint density at radius 3 is 2.87 bits per heavy atom. The summed E-state index contributed by atoms with van der Waals surface area (Å²) in [5, 5.41) is 9.74. The molecule has 2 aromatic rings. The summed E-state index contributed by atoms with van der Waals surface area (Å²) in [4.78, 5) is 0. The molecule has 1 atom stereocenters. The topological polar surface area (TPSA) is 46.5 Å². The summed E-state index contributed by atoms with van der Waals surface area (Å²) in [6.07, 6.45) is 6.71. The van der Waals surface area contributed by atoms with Crippen molar-refractivity contribution in [2.24, 2.45) is 0 Å². The highest BCUT2D eigenvalue weighted by Crippen LogP contribution is 2.10. The highest BCUT2D eigenvalue weighted by molar-refractivity contribution is 5.07. The Kier molecular flexibility index (Phi) is 3.25. The molecule has 15 heavy (non-hydrogen) atoms. The van der Waals surface area contributed by atoms with E-state index in [-0.39, 0.29) is 6.10 Å².